The second-order valence-corrected chi connectivity index (χ2v) is 2.01. The minimum absolute atomic E-state index is 0.371. The van der Waals surface area contributed by atoms with Crippen LogP contribution < -0.4 is 0 Å². The van der Waals surface area contributed by atoms with Crippen LogP contribution in [-0.4, -0.2) is 17.9 Å². The van der Waals surface area contributed by atoms with Crippen molar-refractivity contribution in [2.24, 2.45) is 0 Å². The zero-order chi connectivity index (χ0) is 7.82. The van der Waals surface area contributed by atoms with Gasteiger partial charge in [0, 0.05) is 6.08 Å². The first-order valence-electron chi connectivity index (χ1n) is 3.04. The number of hydrogen-bond acceptors (Lipinski definition) is 3. The van der Waals surface area contributed by atoms with Crippen molar-refractivity contribution in [1.29, 1.82) is 0 Å². The summed E-state index contributed by atoms with van der Waals surface area (Å²) in [5, 5.41) is 1.63. The standard InChI is InChI=1S/C7H10O2S/c1-2-7(8)9-5-3-4-6-10/h2,6H,1,3-5H2. The molecule has 0 radical (unpaired) electrons. The Morgan fingerprint density at radius 3 is 2.90 bits per heavy atom. The fraction of sp³-hybridized carbons (Fsp3) is 0.429. The zero-order valence-corrected chi connectivity index (χ0v) is 6.52. The lowest BCUT2D eigenvalue weighted by Gasteiger charge is -1.97. The number of thiocarbonyl (C=S) groups is 1. The van der Waals surface area contributed by atoms with E-state index in [-0.39, 0.29) is 5.97 Å². The van der Waals surface area contributed by atoms with Crippen molar-refractivity contribution in [2.75, 3.05) is 6.61 Å². The minimum Gasteiger partial charge on any atom is -0.463 e. The maximum absolute atomic E-state index is 10.4. The van der Waals surface area contributed by atoms with Gasteiger partial charge in [-0.1, -0.05) is 18.8 Å². The summed E-state index contributed by atoms with van der Waals surface area (Å²) in [5.41, 5.74) is 0. The van der Waals surface area contributed by atoms with E-state index in [0.29, 0.717) is 6.61 Å². The summed E-state index contributed by atoms with van der Waals surface area (Å²) < 4.78 is 4.67. The molecule has 0 aliphatic rings. The van der Waals surface area contributed by atoms with Crippen LogP contribution in [0.15, 0.2) is 12.7 Å². The third-order valence-corrected chi connectivity index (χ3v) is 1.11. The lowest BCUT2D eigenvalue weighted by molar-refractivity contribution is -0.137. The van der Waals surface area contributed by atoms with Crippen molar-refractivity contribution in [1.82, 2.24) is 0 Å². The Kier molecular flexibility index (Phi) is 5.97. The van der Waals surface area contributed by atoms with E-state index < -0.39 is 0 Å². The second kappa shape index (κ2) is 6.42. The molecule has 0 spiro atoms. The summed E-state index contributed by atoms with van der Waals surface area (Å²) in [6.45, 7) is 3.69. The number of carbonyl (C=O) groups is 1. The molecule has 0 bridgehead atoms. The quantitative estimate of drug-likeness (QED) is 0.262. The number of hydrogen-bond donors (Lipinski definition) is 0. The molecular weight excluding hydrogens is 148 g/mol. The molecule has 10 heavy (non-hydrogen) atoms. The smallest absolute Gasteiger partial charge is 0.330 e. The highest BCUT2D eigenvalue weighted by Crippen LogP contribution is 1.88. The molecule has 0 aromatic rings. The van der Waals surface area contributed by atoms with Gasteiger partial charge in [0.25, 0.3) is 0 Å². The summed E-state index contributed by atoms with van der Waals surface area (Å²) in [6, 6.07) is 0. The van der Waals surface area contributed by atoms with E-state index in [1.165, 1.54) is 0 Å². The fourth-order valence-corrected chi connectivity index (χ4v) is 0.565. The summed E-state index contributed by atoms with van der Waals surface area (Å²) in [5.74, 6) is -0.371. The van der Waals surface area contributed by atoms with Gasteiger partial charge in [-0.3, -0.25) is 0 Å². The number of rotatable bonds is 5. The monoisotopic (exact) mass is 158 g/mol. The van der Waals surface area contributed by atoms with Crippen LogP contribution in [-0.2, 0) is 9.53 Å². The normalized spacial score (nSPS) is 8.40. The third-order valence-electron chi connectivity index (χ3n) is 0.877. The molecule has 2 nitrogen and oxygen atoms in total. The minimum atomic E-state index is -0.371. The van der Waals surface area contributed by atoms with E-state index in [9.17, 15) is 4.79 Å². The average Bonchev–Trinajstić information content (AvgIpc) is 1.98. The van der Waals surface area contributed by atoms with Crippen LogP contribution >= 0.6 is 12.2 Å². The van der Waals surface area contributed by atoms with Crippen molar-refractivity contribution < 1.29 is 9.53 Å². The fourth-order valence-electron chi connectivity index (χ4n) is 0.398. The van der Waals surface area contributed by atoms with E-state index >= 15 is 0 Å². The summed E-state index contributed by atoms with van der Waals surface area (Å²) in [7, 11) is 0. The van der Waals surface area contributed by atoms with Gasteiger partial charge in [0.1, 0.15) is 0 Å². The van der Waals surface area contributed by atoms with Crippen LogP contribution in [0.25, 0.3) is 0 Å². The number of ether oxygens (including phenoxy) is 1. The number of carbonyl (C=O) groups excluding carboxylic acids is 1. The molecule has 0 aromatic heterocycles. The maximum Gasteiger partial charge on any atom is 0.330 e. The molecular formula is C7H10O2S. The second-order valence-electron chi connectivity index (χ2n) is 1.68. The Morgan fingerprint density at radius 1 is 1.70 bits per heavy atom. The molecule has 0 aliphatic carbocycles. The molecule has 0 N–H and O–H groups in total. The highest BCUT2D eigenvalue weighted by atomic mass is 32.1. The van der Waals surface area contributed by atoms with Crippen LogP contribution in [0, 0.1) is 0 Å². The van der Waals surface area contributed by atoms with Gasteiger partial charge in [-0.15, -0.1) is 0 Å². The van der Waals surface area contributed by atoms with E-state index in [4.69, 9.17) is 0 Å². The van der Waals surface area contributed by atoms with Crippen LogP contribution in [0.3, 0.4) is 0 Å². The lowest BCUT2D eigenvalue weighted by atomic mass is 10.4. The van der Waals surface area contributed by atoms with Gasteiger partial charge in [0.15, 0.2) is 0 Å². The van der Waals surface area contributed by atoms with Crippen molar-refractivity contribution in [3.05, 3.63) is 12.7 Å². The topological polar surface area (TPSA) is 26.3 Å². The molecule has 0 saturated heterocycles. The largest absolute Gasteiger partial charge is 0.463 e. The molecule has 0 amide bonds. The number of esters is 1. The van der Waals surface area contributed by atoms with Crippen LogP contribution in [0.4, 0.5) is 0 Å². The Balaban J connectivity index is 3.11. The molecule has 0 saturated carbocycles. The lowest BCUT2D eigenvalue weighted by Crippen LogP contribution is -2.01. The Morgan fingerprint density at radius 2 is 2.40 bits per heavy atom. The Labute approximate surface area is 65.9 Å². The Bertz CT molecular complexity index is 132. The molecule has 0 aromatic carbocycles. The summed E-state index contributed by atoms with van der Waals surface area (Å²) in [4.78, 5) is 10.4. The van der Waals surface area contributed by atoms with Crippen molar-refractivity contribution in [2.45, 2.75) is 12.8 Å². The zero-order valence-electron chi connectivity index (χ0n) is 5.71. The van der Waals surface area contributed by atoms with E-state index in [1.807, 2.05) is 0 Å². The van der Waals surface area contributed by atoms with Crippen molar-refractivity contribution in [3.63, 3.8) is 0 Å². The van der Waals surface area contributed by atoms with E-state index in [2.05, 4.69) is 23.5 Å². The van der Waals surface area contributed by atoms with Gasteiger partial charge in [0.2, 0.25) is 0 Å². The predicted molar refractivity (Wildman–Crippen MR) is 44.0 cm³/mol. The third kappa shape index (κ3) is 5.44. The molecule has 0 unspecified atom stereocenters. The van der Waals surface area contributed by atoms with E-state index in [0.717, 1.165) is 18.9 Å². The molecule has 56 valence electrons. The molecule has 0 rings (SSSR count). The van der Waals surface area contributed by atoms with Crippen molar-refractivity contribution in [3.8, 4) is 0 Å². The SMILES string of the molecule is C=CC(=O)OCCCC=S. The van der Waals surface area contributed by atoms with Gasteiger partial charge < -0.3 is 4.74 Å². The van der Waals surface area contributed by atoms with Crippen LogP contribution in [0.5, 0.6) is 0 Å². The molecule has 3 heteroatoms. The molecule has 0 fully saturated rings. The first-order valence-corrected chi connectivity index (χ1v) is 3.51. The van der Waals surface area contributed by atoms with Crippen molar-refractivity contribution >= 4 is 23.6 Å². The highest BCUT2D eigenvalue weighted by Gasteiger charge is 1.92. The average molecular weight is 158 g/mol. The van der Waals surface area contributed by atoms with Crippen LogP contribution in [0.1, 0.15) is 12.8 Å². The maximum atomic E-state index is 10.4. The molecule has 0 atom stereocenters. The first kappa shape index (κ1) is 9.30. The van der Waals surface area contributed by atoms with Crippen LogP contribution in [0.2, 0.25) is 0 Å². The van der Waals surface area contributed by atoms with Gasteiger partial charge in [-0.2, -0.15) is 0 Å². The molecule has 0 aliphatic heterocycles. The highest BCUT2D eigenvalue weighted by molar-refractivity contribution is 7.78. The summed E-state index contributed by atoms with van der Waals surface area (Å²) in [6.07, 6.45) is 2.75. The first-order chi connectivity index (χ1) is 4.81. The van der Waals surface area contributed by atoms with Gasteiger partial charge in [-0.25, -0.2) is 4.79 Å². The molecule has 0 heterocycles. The number of unbranched alkanes of at least 4 members (excludes halogenated alkanes) is 1. The predicted octanol–water partition coefficient (Wildman–Crippen LogP) is 1.50. The van der Waals surface area contributed by atoms with Gasteiger partial charge in [0.05, 0.1) is 6.61 Å². The van der Waals surface area contributed by atoms with E-state index in [1.54, 1.807) is 5.37 Å². The summed E-state index contributed by atoms with van der Waals surface area (Å²) >= 11 is 4.57. The van der Waals surface area contributed by atoms with Gasteiger partial charge >= 0.3 is 5.97 Å². The Hall–Kier alpha value is -0.700. The van der Waals surface area contributed by atoms with Gasteiger partial charge in [-0.05, 0) is 18.2 Å².